The highest BCUT2D eigenvalue weighted by Crippen LogP contribution is 2.37. The molecule has 0 aliphatic carbocycles. The maximum Gasteiger partial charge on any atom is 0.231 e. The molecule has 2 aliphatic heterocycles. The number of hydrogen-bond acceptors (Lipinski definition) is 4. The number of ether oxygens (including phenoxy) is 2. The van der Waals surface area contributed by atoms with Gasteiger partial charge < -0.3 is 14.8 Å². The van der Waals surface area contributed by atoms with Crippen LogP contribution in [-0.2, 0) is 4.79 Å². The molecule has 1 fully saturated rings. The van der Waals surface area contributed by atoms with Crippen molar-refractivity contribution < 1.29 is 19.1 Å². The minimum atomic E-state index is -0.592. The van der Waals surface area contributed by atoms with Gasteiger partial charge in [0.2, 0.25) is 12.7 Å². The number of ketones is 1. The molecular formula is C12H11NO4. The van der Waals surface area contributed by atoms with Gasteiger partial charge in [0.1, 0.15) is 5.92 Å². The zero-order valence-electron chi connectivity index (χ0n) is 9.06. The number of Topliss-reactive ketones (excluding diaryl/α,β-unsaturated/α-hetero) is 1. The summed E-state index contributed by atoms with van der Waals surface area (Å²) in [5, 5.41) is 2.66. The number of carbonyl (C=O) groups excluding carboxylic acids is 2. The smallest absolute Gasteiger partial charge is 0.231 e. The van der Waals surface area contributed by atoms with Crippen molar-refractivity contribution >= 4 is 11.7 Å². The van der Waals surface area contributed by atoms with Gasteiger partial charge in [0.05, 0.1) is 5.56 Å². The van der Waals surface area contributed by atoms with E-state index < -0.39 is 5.92 Å². The highest BCUT2D eigenvalue weighted by molar-refractivity contribution is 6.12. The fraction of sp³-hybridized carbons (Fsp3) is 0.333. The Morgan fingerprint density at radius 2 is 2.24 bits per heavy atom. The second-order valence-corrected chi connectivity index (χ2v) is 4.04. The third-order valence-electron chi connectivity index (χ3n) is 3.03. The summed E-state index contributed by atoms with van der Waals surface area (Å²) >= 11 is 0. The highest BCUT2D eigenvalue weighted by atomic mass is 16.7. The molecule has 0 bridgehead atoms. The average molecular weight is 233 g/mol. The molecule has 1 N–H and O–H groups in total. The lowest BCUT2D eigenvalue weighted by atomic mass is 9.95. The van der Waals surface area contributed by atoms with Gasteiger partial charge in [0.15, 0.2) is 17.3 Å². The van der Waals surface area contributed by atoms with E-state index in [9.17, 15) is 9.59 Å². The number of amides is 1. The van der Waals surface area contributed by atoms with E-state index in [1.807, 2.05) is 0 Å². The summed E-state index contributed by atoms with van der Waals surface area (Å²) < 4.78 is 10.5. The van der Waals surface area contributed by atoms with Gasteiger partial charge in [-0.2, -0.15) is 0 Å². The Morgan fingerprint density at radius 3 is 3.00 bits per heavy atom. The second-order valence-electron chi connectivity index (χ2n) is 4.04. The molecule has 0 spiro atoms. The fourth-order valence-electron chi connectivity index (χ4n) is 2.16. The van der Waals surface area contributed by atoms with Crippen LogP contribution in [0.5, 0.6) is 11.5 Å². The largest absolute Gasteiger partial charge is 0.454 e. The van der Waals surface area contributed by atoms with E-state index >= 15 is 0 Å². The van der Waals surface area contributed by atoms with Crippen molar-refractivity contribution in [2.75, 3.05) is 13.3 Å². The molecular weight excluding hydrogens is 222 g/mol. The molecule has 5 heteroatoms. The minimum absolute atomic E-state index is 0.122. The normalized spacial score (nSPS) is 21.4. The molecule has 1 amide bonds. The van der Waals surface area contributed by atoms with Crippen LogP contribution in [0.3, 0.4) is 0 Å². The molecule has 2 aliphatic rings. The lowest BCUT2D eigenvalue weighted by Crippen LogP contribution is -2.25. The molecule has 2 heterocycles. The van der Waals surface area contributed by atoms with Crippen molar-refractivity contribution in [1.29, 1.82) is 0 Å². The summed E-state index contributed by atoms with van der Waals surface area (Å²) in [7, 11) is 0. The van der Waals surface area contributed by atoms with Gasteiger partial charge in [-0.15, -0.1) is 0 Å². The van der Waals surface area contributed by atoms with E-state index in [4.69, 9.17) is 9.47 Å². The molecule has 5 nitrogen and oxygen atoms in total. The molecule has 0 radical (unpaired) electrons. The van der Waals surface area contributed by atoms with Crippen LogP contribution in [0.1, 0.15) is 16.8 Å². The molecule has 88 valence electrons. The molecule has 1 saturated heterocycles. The Kier molecular flexibility index (Phi) is 2.24. The number of benzene rings is 1. The number of rotatable bonds is 2. The number of fused-ring (bicyclic) bond motifs is 1. The average Bonchev–Trinajstić information content (AvgIpc) is 2.95. The number of para-hydroxylation sites is 1. The zero-order chi connectivity index (χ0) is 11.8. The van der Waals surface area contributed by atoms with Gasteiger partial charge in [-0.1, -0.05) is 6.07 Å². The van der Waals surface area contributed by atoms with Crippen LogP contribution in [0, 0.1) is 5.92 Å². The van der Waals surface area contributed by atoms with Gasteiger partial charge in [-0.3, -0.25) is 9.59 Å². The van der Waals surface area contributed by atoms with E-state index in [0.29, 0.717) is 30.0 Å². The van der Waals surface area contributed by atoms with Crippen LogP contribution < -0.4 is 14.8 Å². The van der Waals surface area contributed by atoms with Crippen LogP contribution >= 0.6 is 0 Å². The fourth-order valence-corrected chi connectivity index (χ4v) is 2.16. The first-order valence-corrected chi connectivity index (χ1v) is 5.48. The summed E-state index contributed by atoms with van der Waals surface area (Å²) in [6, 6.07) is 5.14. The first-order valence-electron chi connectivity index (χ1n) is 5.48. The van der Waals surface area contributed by atoms with Crippen LogP contribution in [-0.4, -0.2) is 25.0 Å². The second kappa shape index (κ2) is 3.76. The predicted molar refractivity (Wildman–Crippen MR) is 58.0 cm³/mol. The first kappa shape index (κ1) is 10.1. The number of carbonyl (C=O) groups is 2. The maximum atomic E-state index is 12.2. The Labute approximate surface area is 97.7 Å². The van der Waals surface area contributed by atoms with Crippen LogP contribution in [0.15, 0.2) is 18.2 Å². The third kappa shape index (κ3) is 1.54. The molecule has 1 aromatic carbocycles. The molecule has 0 saturated carbocycles. The number of hydrogen-bond donors (Lipinski definition) is 1. The lowest BCUT2D eigenvalue weighted by molar-refractivity contribution is -0.121. The number of nitrogens with one attached hydrogen (secondary N) is 1. The monoisotopic (exact) mass is 233 g/mol. The zero-order valence-corrected chi connectivity index (χ0v) is 9.06. The van der Waals surface area contributed by atoms with Gasteiger partial charge >= 0.3 is 0 Å². The first-order chi connectivity index (χ1) is 8.27. The van der Waals surface area contributed by atoms with Gasteiger partial charge in [0, 0.05) is 6.54 Å². The molecule has 1 unspecified atom stereocenters. The van der Waals surface area contributed by atoms with E-state index in [1.54, 1.807) is 18.2 Å². The Hall–Kier alpha value is -2.04. The van der Waals surface area contributed by atoms with Crippen molar-refractivity contribution in [2.45, 2.75) is 6.42 Å². The van der Waals surface area contributed by atoms with Crippen molar-refractivity contribution in [1.82, 2.24) is 5.32 Å². The minimum Gasteiger partial charge on any atom is -0.454 e. The van der Waals surface area contributed by atoms with E-state index in [1.165, 1.54) is 0 Å². The Bertz CT molecular complexity index is 497. The van der Waals surface area contributed by atoms with Crippen molar-refractivity contribution in [3.05, 3.63) is 23.8 Å². The van der Waals surface area contributed by atoms with Crippen LogP contribution in [0.2, 0.25) is 0 Å². The summed E-state index contributed by atoms with van der Waals surface area (Å²) in [4.78, 5) is 23.7. The molecule has 1 atom stereocenters. The topological polar surface area (TPSA) is 64.6 Å². The van der Waals surface area contributed by atoms with E-state index in [2.05, 4.69) is 5.32 Å². The summed E-state index contributed by atoms with van der Waals surface area (Å²) in [6.07, 6.45) is 0.544. The summed E-state index contributed by atoms with van der Waals surface area (Å²) in [5.41, 5.74) is 0.432. The summed E-state index contributed by atoms with van der Waals surface area (Å²) in [5.74, 6) is 0.0334. The Morgan fingerprint density at radius 1 is 1.35 bits per heavy atom. The highest BCUT2D eigenvalue weighted by Gasteiger charge is 2.34. The third-order valence-corrected chi connectivity index (χ3v) is 3.03. The van der Waals surface area contributed by atoms with Gasteiger partial charge in [-0.25, -0.2) is 0 Å². The van der Waals surface area contributed by atoms with Crippen LogP contribution in [0.25, 0.3) is 0 Å². The standard InChI is InChI=1S/C12H11NO4/c14-10(8-4-5-13-12(8)15)7-2-1-3-9-11(7)17-6-16-9/h1-3,8H,4-6H2,(H,13,15). The van der Waals surface area contributed by atoms with Crippen LogP contribution in [0.4, 0.5) is 0 Å². The van der Waals surface area contributed by atoms with Gasteiger partial charge in [0.25, 0.3) is 0 Å². The lowest BCUT2D eigenvalue weighted by Gasteiger charge is -2.08. The van der Waals surface area contributed by atoms with Crippen molar-refractivity contribution in [3.63, 3.8) is 0 Å². The van der Waals surface area contributed by atoms with E-state index in [0.717, 1.165) is 0 Å². The van der Waals surface area contributed by atoms with Gasteiger partial charge in [-0.05, 0) is 18.6 Å². The molecule has 0 aromatic heterocycles. The quantitative estimate of drug-likeness (QED) is 0.604. The van der Waals surface area contributed by atoms with Crippen molar-refractivity contribution in [2.24, 2.45) is 5.92 Å². The predicted octanol–water partition coefficient (Wildman–Crippen LogP) is 0.734. The Balaban J connectivity index is 1.97. The maximum absolute atomic E-state index is 12.2. The van der Waals surface area contributed by atoms with E-state index in [-0.39, 0.29) is 18.5 Å². The molecule has 17 heavy (non-hydrogen) atoms. The molecule has 3 rings (SSSR count). The molecule has 1 aromatic rings. The van der Waals surface area contributed by atoms with Crippen molar-refractivity contribution in [3.8, 4) is 11.5 Å². The summed E-state index contributed by atoms with van der Waals surface area (Å²) in [6.45, 7) is 0.679. The SMILES string of the molecule is O=C1NCCC1C(=O)c1cccc2c1OCO2.